The van der Waals surface area contributed by atoms with Gasteiger partial charge >= 0.3 is 0 Å². The molecule has 2 amide bonds. The van der Waals surface area contributed by atoms with Crippen molar-refractivity contribution in [2.45, 2.75) is 39.3 Å². The van der Waals surface area contributed by atoms with Gasteiger partial charge in [0, 0.05) is 12.0 Å². The molecule has 0 saturated carbocycles. The van der Waals surface area contributed by atoms with Crippen LogP contribution in [0.1, 0.15) is 49.2 Å². The van der Waals surface area contributed by atoms with E-state index < -0.39 is 6.04 Å². The highest BCUT2D eigenvalue weighted by atomic mass is 16.5. The van der Waals surface area contributed by atoms with Gasteiger partial charge in [0.25, 0.3) is 5.91 Å². The standard InChI is InChI=1S/C23H28N2O4/c1-4-28-20-12-8-6-10-17(20)22(26)25-21(15(2)3)23(27)24-18-13-14-29-19-11-7-5-9-16(18)19/h5-12,15,18,21H,4,13-14H2,1-3H3,(H,24,27)(H,25,26)/t18-,21-/m0/s1. The minimum atomic E-state index is -0.660. The number of carbonyl (C=O) groups excluding carboxylic acids is 2. The van der Waals surface area contributed by atoms with Crippen LogP contribution >= 0.6 is 0 Å². The minimum Gasteiger partial charge on any atom is -0.493 e. The SMILES string of the molecule is CCOc1ccccc1C(=O)N[C@H](C(=O)N[C@H]1CCOc2ccccc21)C(C)C. The van der Waals surface area contributed by atoms with Gasteiger partial charge in [0.1, 0.15) is 17.5 Å². The average molecular weight is 396 g/mol. The maximum atomic E-state index is 13.0. The first-order valence-electron chi connectivity index (χ1n) is 10.1. The van der Waals surface area contributed by atoms with Crippen molar-refractivity contribution in [3.05, 3.63) is 59.7 Å². The Kier molecular flexibility index (Phi) is 6.75. The molecule has 0 bridgehead atoms. The quantitative estimate of drug-likeness (QED) is 0.751. The molecule has 29 heavy (non-hydrogen) atoms. The number of ether oxygens (including phenoxy) is 2. The highest BCUT2D eigenvalue weighted by Gasteiger charge is 2.29. The molecule has 2 aromatic carbocycles. The van der Waals surface area contributed by atoms with Gasteiger partial charge in [0.2, 0.25) is 5.91 Å². The minimum absolute atomic E-state index is 0.0757. The molecule has 3 rings (SSSR count). The molecule has 0 aliphatic carbocycles. The molecule has 0 unspecified atom stereocenters. The predicted octanol–water partition coefficient (Wildman–Crippen LogP) is 3.48. The monoisotopic (exact) mass is 396 g/mol. The molecule has 6 nitrogen and oxygen atoms in total. The van der Waals surface area contributed by atoms with Gasteiger partial charge in [-0.3, -0.25) is 9.59 Å². The zero-order chi connectivity index (χ0) is 20.8. The second-order valence-corrected chi connectivity index (χ2v) is 7.36. The molecule has 2 aromatic rings. The molecule has 1 aliphatic rings. The summed E-state index contributed by atoms with van der Waals surface area (Å²) < 4.78 is 11.2. The second-order valence-electron chi connectivity index (χ2n) is 7.36. The third-order valence-corrected chi connectivity index (χ3v) is 4.94. The molecule has 6 heteroatoms. The molecule has 154 valence electrons. The van der Waals surface area contributed by atoms with Gasteiger partial charge in [-0.25, -0.2) is 0 Å². The third kappa shape index (κ3) is 4.88. The van der Waals surface area contributed by atoms with E-state index in [9.17, 15) is 9.59 Å². The van der Waals surface area contributed by atoms with Crippen LogP contribution in [0.4, 0.5) is 0 Å². The van der Waals surface area contributed by atoms with Crippen LogP contribution in [0.5, 0.6) is 11.5 Å². The summed E-state index contributed by atoms with van der Waals surface area (Å²) in [5.41, 5.74) is 1.38. The molecule has 0 saturated heterocycles. The fraction of sp³-hybridized carbons (Fsp3) is 0.391. The summed E-state index contributed by atoms with van der Waals surface area (Å²) in [5.74, 6) is 0.695. The fourth-order valence-electron chi connectivity index (χ4n) is 3.44. The van der Waals surface area contributed by atoms with Gasteiger partial charge in [0.05, 0.1) is 24.8 Å². The molecule has 2 N–H and O–H groups in total. The van der Waals surface area contributed by atoms with E-state index in [4.69, 9.17) is 9.47 Å². The van der Waals surface area contributed by atoms with E-state index in [-0.39, 0.29) is 23.8 Å². The number of amides is 2. The molecule has 1 aliphatic heterocycles. The van der Waals surface area contributed by atoms with Gasteiger partial charge in [-0.15, -0.1) is 0 Å². The van der Waals surface area contributed by atoms with E-state index in [0.717, 1.165) is 11.3 Å². The Balaban J connectivity index is 1.74. The lowest BCUT2D eigenvalue weighted by Crippen LogP contribution is -2.50. The van der Waals surface area contributed by atoms with Crippen LogP contribution in [0.2, 0.25) is 0 Å². The van der Waals surface area contributed by atoms with Crippen molar-refractivity contribution >= 4 is 11.8 Å². The van der Waals surface area contributed by atoms with Crippen LogP contribution in [0.25, 0.3) is 0 Å². The van der Waals surface area contributed by atoms with Crippen molar-refractivity contribution in [1.82, 2.24) is 10.6 Å². The summed E-state index contributed by atoms with van der Waals surface area (Å²) in [6.45, 7) is 6.70. The lowest BCUT2D eigenvalue weighted by Gasteiger charge is -2.29. The zero-order valence-electron chi connectivity index (χ0n) is 17.1. The molecule has 0 fully saturated rings. The summed E-state index contributed by atoms with van der Waals surface area (Å²) in [6.07, 6.45) is 0.689. The van der Waals surface area contributed by atoms with Crippen molar-refractivity contribution in [3.63, 3.8) is 0 Å². The van der Waals surface area contributed by atoms with E-state index in [1.165, 1.54) is 0 Å². The smallest absolute Gasteiger partial charge is 0.255 e. The van der Waals surface area contributed by atoms with Crippen LogP contribution in [0, 0.1) is 5.92 Å². The highest BCUT2D eigenvalue weighted by Crippen LogP contribution is 2.31. The van der Waals surface area contributed by atoms with Gasteiger partial charge < -0.3 is 20.1 Å². The Morgan fingerprint density at radius 2 is 1.86 bits per heavy atom. The molecule has 2 atom stereocenters. The Labute approximate surface area is 171 Å². The Bertz CT molecular complexity index is 865. The lowest BCUT2D eigenvalue weighted by atomic mass is 9.98. The summed E-state index contributed by atoms with van der Waals surface area (Å²) in [6, 6.07) is 14.0. The number of hydrogen-bond acceptors (Lipinski definition) is 4. The highest BCUT2D eigenvalue weighted by molar-refractivity contribution is 5.99. The molecular weight excluding hydrogens is 368 g/mol. The first-order chi connectivity index (χ1) is 14.0. The van der Waals surface area contributed by atoms with Gasteiger partial charge in [-0.1, -0.05) is 44.2 Å². The Morgan fingerprint density at radius 3 is 2.62 bits per heavy atom. The van der Waals surface area contributed by atoms with E-state index in [2.05, 4.69) is 10.6 Å². The van der Waals surface area contributed by atoms with E-state index in [1.54, 1.807) is 18.2 Å². The number of para-hydroxylation sites is 2. The van der Waals surface area contributed by atoms with Crippen molar-refractivity contribution in [3.8, 4) is 11.5 Å². The first-order valence-corrected chi connectivity index (χ1v) is 10.1. The van der Waals surface area contributed by atoms with Crippen LogP contribution < -0.4 is 20.1 Å². The van der Waals surface area contributed by atoms with Gasteiger partial charge in [-0.2, -0.15) is 0 Å². The number of carbonyl (C=O) groups is 2. The molecule has 0 aromatic heterocycles. The van der Waals surface area contributed by atoms with E-state index in [1.807, 2.05) is 51.1 Å². The van der Waals surface area contributed by atoms with Gasteiger partial charge in [-0.05, 0) is 31.0 Å². The predicted molar refractivity (Wildman–Crippen MR) is 111 cm³/mol. The summed E-state index contributed by atoms with van der Waals surface area (Å²) in [5, 5.41) is 5.97. The third-order valence-electron chi connectivity index (χ3n) is 4.94. The van der Waals surface area contributed by atoms with Crippen molar-refractivity contribution in [2.75, 3.05) is 13.2 Å². The lowest BCUT2D eigenvalue weighted by molar-refractivity contribution is -0.124. The number of hydrogen-bond donors (Lipinski definition) is 2. The van der Waals surface area contributed by atoms with Crippen molar-refractivity contribution in [2.24, 2.45) is 5.92 Å². The number of rotatable bonds is 7. The Hall–Kier alpha value is -3.02. The Morgan fingerprint density at radius 1 is 1.14 bits per heavy atom. The van der Waals surface area contributed by atoms with Gasteiger partial charge in [0.15, 0.2) is 0 Å². The summed E-state index contributed by atoms with van der Waals surface area (Å²) in [7, 11) is 0. The van der Waals surface area contributed by atoms with Crippen LogP contribution in [-0.4, -0.2) is 31.1 Å². The second kappa shape index (κ2) is 9.45. The topological polar surface area (TPSA) is 76.7 Å². The fourth-order valence-corrected chi connectivity index (χ4v) is 3.44. The van der Waals surface area contributed by atoms with Crippen LogP contribution in [-0.2, 0) is 4.79 Å². The van der Waals surface area contributed by atoms with Crippen LogP contribution in [0.15, 0.2) is 48.5 Å². The van der Waals surface area contributed by atoms with E-state index >= 15 is 0 Å². The van der Waals surface area contributed by atoms with Crippen molar-refractivity contribution in [1.29, 1.82) is 0 Å². The maximum absolute atomic E-state index is 13.0. The maximum Gasteiger partial charge on any atom is 0.255 e. The zero-order valence-corrected chi connectivity index (χ0v) is 17.1. The van der Waals surface area contributed by atoms with E-state index in [0.29, 0.717) is 30.9 Å². The summed E-state index contributed by atoms with van der Waals surface area (Å²) >= 11 is 0. The molecule has 0 spiro atoms. The van der Waals surface area contributed by atoms with Crippen LogP contribution in [0.3, 0.4) is 0 Å². The number of benzene rings is 2. The largest absolute Gasteiger partial charge is 0.493 e. The van der Waals surface area contributed by atoms with Crippen molar-refractivity contribution < 1.29 is 19.1 Å². The molecular formula is C23H28N2O4. The average Bonchev–Trinajstić information content (AvgIpc) is 2.72. The number of fused-ring (bicyclic) bond motifs is 1. The first kappa shape index (κ1) is 20.7. The summed E-state index contributed by atoms with van der Waals surface area (Å²) in [4.78, 5) is 25.9. The molecule has 1 heterocycles. The molecule has 0 radical (unpaired) electrons. The normalized spacial score (nSPS) is 16.3. The number of nitrogens with one attached hydrogen (secondary N) is 2.